The SMILES string of the molecule is CN=C(NCCc1cnn(C)c1)NCC(C)(C)SC.I. The van der Waals surface area contributed by atoms with Crippen molar-refractivity contribution in [2.45, 2.75) is 25.0 Å². The zero-order chi connectivity index (χ0) is 14.3. The molecule has 0 spiro atoms. The Hall–Kier alpha value is -0.440. The molecule has 0 fully saturated rings. The van der Waals surface area contributed by atoms with Gasteiger partial charge in [0.25, 0.3) is 0 Å². The van der Waals surface area contributed by atoms with Crippen molar-refractivity contribution < 1.29 is 0 Å². The molecular formula is C13H26IN5S. The molecule has 2 N–H and O–H groups in total. The van der Waals surface area contributed by atoms with Gasteiger partial charge in [0.1, 0.15) is 0 Å². The number of guanidine groups is 1. The number of aromatic nitrogens is 2. The molecule has 1 aromatic rings. The molecule has 1 heterocycles. The summed E-state index contributed by atoms with van der Waals surface area (Å²) in [6.45, 7) is 6.17. The molecule has 0 aromatic carbocycles. The number of aliphatic imine (C=N–C) groups is 1. The van der Waals surface area contributed by atoms with E-state index in [1.54, 1.807) is 7.05 Å². The lowest BCUT2D eigenvalue weighted by molar-refractivity contribution is 0.664. The van der Waals surface area contributed by atoms with Gasteiger partial charge in [0.15, 0.2) is 5.96 Å². The third-order valence-electron chi connectivity index (χ3n) is 2.92. The van der Waals surface area contributed by atoms with Gasteiger partial charge >= 0.3 is 0 Å². The number of halogens is 1. The van der Waals surface area contributed by atoms with Crippen LogP contribution in [0.15, 0.2) is 17.4 Å². The van der Waals surface area contributed by atoms with Crippen molar-refractivity contribution >= 4 is 41.7 Å². The van der Waals surface area contributed by atoms with Crippen molar-refractivity contribution in [3.8, 4) is 0 Å². The molecule has 116 valence electrons. The molecule has 0 bridgehead atoms. The lowest BCUT2D eigenvalue weighted by Crippen LogP contribution is -2.43. The molecule has 0 radical (unpaired) electrons. The maximum absolute atomic E-state index is 4.23. The summed E-state index contributed by atoms with van der Waals surface area (Å²) in [5, 5.41) is 10.8. The highest BCUT2D eigenvalue weighted by atomic mass is 127. The first kappa shape index (κ1) is 19.6. The Labute approximate surface area is 143 Å². The predicted molar refractivity (Wildman–Crippen MR) is 99.3 cm³/mol. The highest BCUT2D eigenvalue weighted by molar-refractivity contribution is 14.0. The second-order valence-corrected chi connectivity index (χ2v) is 6.60. The van der Waals surface area contributed by atoms with Crippen LogP contribution in [0.2, 0.25) is 0 Å². The topological polar surface area (TPSA) is 54.2 Å². The Morgan fingerprint density at radius 2 is 2.15 bits per heavy atom. The molecular weight excluding hydrogens is 385 g/mol. The fourth-order valence-electron chi connectivity index (χ4n) is 1.52. The third-order valence-corrected chi connectivity index (χ3v) is 4.17. The Bertz CT molecular complexity index is 417. The summed E-state index contributed by atoms with van der Waals surface area (Å²) in [6.07, 6.45) is 7.00. The minimum atomic E-state index is 0. The molecule has 1 rings (SSSR count). The average Bonchev–Trinajstić information content (AvgIpc) is 2.79. The van der Waals surface area contributed by atoms with E-state index in [0.717, 1.165) is 25.5 Å². The first-order valence-electron chi connectivity index (χ1n) is 6.44. The summed E-state index contributed by atoms with van der Waals surface area (Å²) >= 11 is 1.85. The van der Waals surface area contributed by atoms with Crippen LogP contribution < -0.4 is 10.6 Å². The van der Waals surface area contributed by atoms with Gasteiger partial charge in [-0.05, 0) is 32.1 Å². The quantitative estimate of drug-likeness (QED) is 0.427. The summed E-state index contributed by atoms with van der Waals surface area (Å²) in [5.74, 6) is 0.853. The van der Waals surface area contributed by atoms with Crippen LogP contribution >= 0.6 is 35.7 Å². The maximum Gasteiger partial charge on any atom is 0.191 e. The van der Waals surface area contributed by atoms with Crippen LogP contribution in [-0.4, -0.2) is 46.9 Å². The summed E-state index contributed by atoms with van der Waals surface area (Å²) in [6, 6.07) is 0. The number of nitrogens with zero attached hydrogens (tertiary/aromatic N) is 3. The van der Waals surface area contributed by atoms with E-state index in [1.807, 2.05) is 35.9 Å². The summed E-state index contributed by atoms with van der Waals surface area (Å²) in [4.78, 5) is 4.23. The van der Waals surface area contributed by atoms with E-state index >= 15 is 0 Å². The van der Waals surface area contributed by atoms with Gasteiger partial charge in [-0.3, -0.25) is 9.67 Å². The average molecular weight is 411 g/mol. The standard InChI is InChI=1S/C13H25N5S.HI/c1-13(2,19-5)10-16-12(14-3)15-7-6-11-8-17-18(4)9-11;/h8-9H,6-7,10H2,1-5H3,(H2,14,15,16);1H. The van der Waals surface area contributed by atoms with Crippen LogP contribution in [0.3, 0.4) is 0 Å². The van der Waals surface area contributed by atoms with Gasteiger partial charge in [0, 0.05) is 38.1 Å². The molecule has 0 aliphatic carbocycles. The zero-order valence-corrected chi connectivity index (χ0v) is 16.1. The van der Waals surface area contributed by atoms with Crippen LogP contribution in [0.25, 0.3) is 0 Å². The molecule has 20 heavy (non-hydrogen) atoms. The fraction of sp³-hybridized carbons (Fsp3) is 0.692. The van der Waals surface area contributed by atoms with Gasteiger partial charge in [-0.2, -0.15) is 16.9 Å². The van der Waals surface area contributed by atoms with E-state index in [0.29, 0.717) is 0 Å². The Kier molecular flexibility index (Phi) is 9.28. The van der Waals surface area contributed by atoms with Crippen molar-refractivity contribution in [2.24, 2.45) is 12.0 Å². The highest BCUT2D eigenvalue weighted by Crippen LogP contribution is 2.19. The Balaban J connectivity index is 0.00000361. The minimum Gasteiger partial charge on any atom is -0.356 e. The summed E-state index contributed by atoms with van der Waals surface area (Å²) in [5.41, 5.74) is 1.23. The zero-order valence-electron chi connectivity index (χ0n) is 12.9. The Morgan fingerprint density at radius 3 is 2.65 bits per heavy atom. The van der Waals surface area contributed by atoms with Crippen LogP contribution in [0, 0.1) is 0 Å². The van der Waals surface area contributed by atoms with Gasteiger partial charge < -0.3 is 10.6 Å². The highest BCUT2D eigenvalue weighted by Gasteiger charge is 2.15. The van der Waals surface area contributed by atoms with Crippen LogP contribution in [0.1, 0.15) is 19.4 Å². The normalized spacial score (nSPS) is 11.9. The number of aryl methyl sites for hydroxylation is 1. The second-order valence-electron chi connectivity index (χ2n) is 5.09. The number of nitrogens with one attached hydrogen (secondary N) is 2. The largest absolute Gasteiger partial charge is 0.356 e. The lowest BCUT2D eigenvalue weighted by Gasteiger charge is -2.23. The van der Waals surface area contributed by atoms with Crippen molar-refractivity contribution in [1.82, 2.24) is 20.4 Å². The smallest absolute Gasteiger partial charge is 0.191 e. The van der Waals surface area contributed by atoms with Gasteiger partial charge in [0.2, 0.25) is 0 Å². The van der Waals surface area contributed by atoms with Gasteiger partial charge in [-0.15, -0.1) is 24.0 Å². The maximum atomic E-state index is 4.23. The lowest BCUT2D eigenvalue weighted by atomic mass is 10.2. The minimum absolute atomic E-state index is 0. The van der Waals surface area contributed by atoms with Crippen molar-refractivity contribution in [1.29, 1.82) is 0 Å². The van der Waals surface area contributed by atoms with Gasteiger partial charge in [-0.1, -0.05) is 0 Å². The monoisotopic (exact) mass is 411 g/mol. The van der Waals surface area contributed by atoms with E-state index in [9.17, 15) is 0 Å². The molecule has 1 aromatic heterocycles. The van der Waals surface area contributed by atoms with Gasteiger partial charge in [0.05, 0.1) is 6.20 Å². The number of thioether (sulfide) groups is 1. The van der Waals surface area contributed by atoms with Crippen molar-refractivity contribution in [3.63, 3.8) is 0 Å². The molecule has 0 aliphatic heterocycles. The second kappa shape index (κ2) is 9.49. The van der Waals surface area contributed by atoms with Crippen molar-refractivity contribution in [3.05, 3.63) is 18.0 Å². The van der Waals surface area contributed by atoms with Gasteiger partial charge in [-0.25, -0.2) is 0 Å². The molecule has 7 heteroatoms. The van der Waals surface area contributed by atoms with Crippen LogP contribution in [0.5, 0.6) is 0 Å². The van der Waals surface area contributed by atoms with Crippen LogP contribution in [-0.2, 0) is 13.5 Å². The number of rotatable bonds is 6. The third kappa shape index (κ3) is 7.37. The molecule has 0 unspecified atom stereocenters. The van der Waals surface area contributed by atoms with E-state index in [1.165, 1.54) is 5.56 Å². The predicted octanol–water partition coefficient (Wildman–Crippen LogP) is 1.89. The Morgan fingerprint density at radius 1 is 1.45 bits per heavy atom. The van der Waals surface area contributed by atoms with Crippen LogP contribution in [0.4, 0.5) is 0 Å². The first-order chi connectivity index (χ1) is 8.96. The number of hydrogen-bond donors (Lipinski definition) is 2. The van der Waals surface area contributed by atoms with E-state index in [2.05, 4.69) is 40.8 Å². The molecule has 5 nitrogen and oxygen atoms in total. The molecule has 0 aliphatic rings. The number of hydrogen-bond acceptors (Lipinski definition) is 3. The molecule has 0 saturated carbocycles. The first-order valence-corrected chi connectivity index (χ1v) is 7.66. The summed E-state index contributed by atoms with van der Waals surface area (Å²) < 4.78 is 2.03. The molecule has 0 amide bonds. The molecule has 0 saturated heterocycles. The van der Waals surface area contributed by atoms with E-state index in [4.69, 9.17) is 0 Å². The van der Waals surface area contributed by atoms with E-state index < -0.39 is 0 Å². The fourth-order valence-corrected chi connectivity index (χ4v) is 1.73. The summed E-state index contributed by atoms with van der Waals surface area (Å²) in [7, 11) is 3.73. The van der Waals surface area contributed by atoms with Crippen molar-refractivity contribution in [2.75, 3.05) is 26.4 Å². The van der Waals surface area contributed by atoms with E-state index in [-0.39, 0.29) is 28.7 Å². The molecule has 0 atom stereocenters.